The highest BCUT2D eigenvalue weighted by atomic mass is 32.2. The topological polar surface area (TPSA) is 61.0 Å². The van der Waals surface area contributed by atoms with Crippen molar-refractivity contribution in [2.75, 3.05) is 0 Å². The minimum atomic E-state index is 0.259. The number of hydrogen-bond acceptors (Lipinski definition) is 7. The average Bonchev–Trinajstić information content (AvgIpc) is 3.35. The van der Waals surface area contributed by atoms with Crippen molar-refractivity contribution in [2.24, 2.45) is 0 Å². The van der Waals surface area contributed by atoms with Gasteiger partial charge >= 0.3 is 0 Å². The fraction of sp³-hybridized carbons (Fsp3) is 0.190. The standard InChI is InChI=1S/C21H19N3O2S2/c1-15-6-5-9-18(10-15)25-12-19-23-24-21(26-19)28-14-17-13-27-20(22-17)11-16-7-3-2-4-8-16/h2-10,13H,11-12,14H2,1H3. The van der Waals surface area contributed by atoms with E-state index in [0.717, 1.165) is 28.4 Å². The Morgan fingerprint density at radius 3 is 2.82 bits per heavy atom. The number of thiazole rings is 1. The molecule has 0 saturated carbocycles. The first-order valence-electron chi connectivity index (χ1n) is 8.86. The first kappa shape index (κ1) is 18.7. The number of rotatable bonds is 8. The van der Waals surface area contributed by atoms with Gasteiger partial charge in [-0.25, -0.2) is 4.98 Å². The van der Waals surface area contributed by atoms with Gasteiger partial charge in [-0.3, -0.25) is 0 Å². The fourth-order valence-electron chi connectivity index (χ4n) is 2.61. The Morgan fingerprint density at radius 1 is 1.07 bits per heavy atom. The molecule has 0 fully saturated rings. The number of thioether (sulfide) groups is 1. The van der Waals surface area contributed by atoms with Crippen LogP contribution in [0.25, 0.3) is 0 Å². The van der Waals surface area contributed by atoms with Crippen molar-refractivity contribution < 1.29 is 9.15 Å². The van der Waals surface area contributed by atoms with Crippen molar-refractivity contribution in [3.8, 4) is 5.75 Å². The van der Waals surface area contributed by atoms with Crippen LogP contribution >= 0.6 is 23.1 Å². The summed E-state index contributed by atoms with van der Waals surface area (Å²) in [5.74, 6) is 1.96. The van der Waals surface area contributed by atoms with E-state index in [1.54, 1.807) is 11.3 Å². The van der Waals surface area contributed by atoms with Gasteiger partial charge in [0.05, 0.1) is 10.7 Å². The predicted molar refractivity (Wildman–Crippen MR) is 111 cm³/mol. The zero-order valence-corrected chi connectivity index (χ0v) is 17.0. The normalized spacial score (nSPS) is 10.9. The van der Waals surface area contributed by atoms with Crippen LogP contribution in [0.5, 0.6) is 5.75 Å². The fourth-order valence-corrected chi connectivity index (χ4v) is 4.21. The van der Waals surface area contributed by atoms with Crippen LogP contribution in [0.15, 0.2) is 69.6 Å². The molecule has 4 aromatic rings. The predicted octanol–water partition coefficient (Wildman–Crippen LogP) is 5.30. The number of aromatic nitrogens is 3. The molecule has 0 aliphatic carbocycles. The molecule has 28 heavy (non-hydrogen) atoms. The quantitative estimate of drug-likeness (QED) is 0.368. The van der Waals surface area contributed by atoms with Gasteiger partial charge in [0.15, 0.2) is 6.61 Å². The molecule has 0 radical (unpaired) electrons. The molecule has 4 rings (SSSR count). The number of aryl methyl sites for hydroxylation is 1. The molecular formula is C21H19N3O2S2. The highest BCUT2D eigenvalue weighted by molar-refractivity contribution is 7.98. The number of nitrogens with zero attached hydrogens (tertiary/aromatic N) is 3. The van der Waals surface area contributed by atoms with Gasteiger partial charge in [0.2, 0.25) is 0 Å². The maximum atomic E-state index is 5.69. The molecule has 0 atom stereocenters. The SMILES string of the molecule is Cc1cccc(OCc2nnc(SCc3csc(Cc4ccccc4)n3)o2)c1. The van der Waals surface area contributed by atoms with E-state index in [1.165, 1.54) is 17.3 Å². The van der Waals surface area contributed by atoms with Gasteiger partial charge in [-0.05, 0) is 30.2 Å². The summed E-state index contributed by atoms with van der Waals surface area (Å²) in [6, 6.07) is 18.2. The smallest absolute Gasteiger partial charge is 0.277 e. The molecule has 0 saturated heterocycles. The van der Waals surface area contributed by atoms with Crippen LogP contribution < -0.4 is 4.74 Å². The Labute approximate surface area is 171 Å². The second-order valence-electron chi connectivity index (χ2n) is 6.25. The maximum absolute atomic E-state index is 5.69. The first-order valence-corrected chi connectivity index (χ1v) is 10.7. The van der Waals surface area contributed by atoms with Crippen LogP contribution in [0.4, 0.5) is 0 Å². The average molecular weight is 410 g/mol. The van der Waals surface area contributed by atoms with Crippen molar-refractivity contribution in [3.05, 3.63) is 87.7 Å². The van der Waals surface area contributed by atoms with E-state index in [0.29, 0.717) is 16.9 Å². The molecule has 0 spiro atoms. The van der Waals surface area contributed by atoms with Gasteiger partial charge in [-0.2, -0.15) is 0 Å². The molecule has 2 aromatic heterocycles. The lowest BCUT2D eigenvalue weighted by molar-refractivity contribution is 0.252. The van der Waals surface area contributed by atoms with Crippen LogP contribution in [-0.4, -0.2) is 15.2 Å². The maximum Gasteiger partial charge on any atom is 0.277 e. The minimum absolute atomic E-state index is 0.259. The molecule has 2 aromatic carbocycles. The van der Waals surface area contributed by atoms with Crippen molar-refractivity contribution in [3.63, 3.8) is 0 Å². The summed E-state index contributed by atoms with van der Waals surface area (Å²) < 4.78 is 11.3. The third kappa shape index (κ3) is 5.21. The first-order chi connectivity index (χ1) is 13.7. The number of ether oxygens (including phenoxy) is 1. The summed E-state index contributed by atoms with van der Waals surface area (Å²) in [7, 11) is 0. The van der Waals surface area contributed by atoms with Crippen LogP contribution in [0.2, 0.25) is 0 Å². The lowest BCUT2D eigenvalue weighted by Gasteiger charge is -2.03. The summed E-state index contributed by atoms with van der Waals surface area (Å²) in [6.07, 6.45) is 0.858. The van der Waals surface area contributed by atoms with Gasteiger partial charge in [0.25, 0.3) is 11.1 Å². The van der Waals surface area contributed by atoms with E-state index in [2.05, 4.69) is 39.8 Å². The third-order valence-corrected chi connectivity index (χ3v) is 5.69. The summed E-state index contributed by atoms with van der Waals surface area (Å²) >= 11 is 3.17. The molecular weight excluding hydrogens is 390 g/mol. The van der Waals surface area contributed by atoms with Crippen LogP contribution in [-0.2, 0) is 18.8 Å². The number of benzene rings is 2. The van der Waals surface area contributed by atoms with Crippen LogP contribution in [0.1, 0.15) is 27.7 Å². The monoisotopic (exact) mass is 409 g/mol. The largest absolute Gasteiger partial charge is 0.484 e. The second-order valence-corrected chi connectivity index (χ2v) is 8.12. The summed E-state index contributed by atoms with van der Waals surface area (Å²) in [5, 5.41) is 11.8. The van der Waals surface area contributed by atoms with Gasteiger partial charge < -0.3 is 9.15 Å². The summed E-state index contributed by atoms with van der Waals surface area (Å²) in [6.45, 7) is 2.28. The Kier molecular flexibility index (Phi) is 6.04. The van der Waals surface area contributed by atoms with Crippen molar-refractivity contribution in [2.45, 2.75) is 30.9 Å². The Bertz CT molecular complexity index is 1030. The molecule has 0 aliphatic heterocycles. The van der Waals surface area contributed by atoms with Gasteiger partial charge in [0, 0.05) is 17.6 Å². The Morgan fingerprint density at radius 2 is 1.96 bits per heavy atom. The highest BCUT2D eigenvalue weighted by Crippen LogP contribution is 2.24. The van der Waals surface area contributed by atoms with Gasteiger partial charge in [0.1, 0.15) is 5.75 Å². The van der Waals surface area contributed by atoms with Crippen molar-refractivity contribution >= 4 is 23.1 Å². The van der Waals surface area contributed by atoms with Crippen LogP contribution in [0, 0.1) is 6.92 Å². The zero-order valence-electron chi connectivity index (χ0n) is 15.4. The lowest BCUT2D eigenvalue weighted by Crippen LogP contribution is -1.95. The van der Waals surface area contributed by atoms with Crippen LogP contribution in [0.3, 0.4) is 0 Å². The molecule has 142 valence electrons. The molecule has 0 aliphatic rings. The second kappa shape index (κ2) is 9.03. The van der Waals surface area contributed by atoms with E-state index in [9.17, 15) is 0 Å². The molecule has 2 heterocycles. The molecule has 0 unspecified atom stereocenters. The lowest BCUT2D eigenvalue weighted by atomic mass is 10.2. The van der Waals surface area contributed by atoms with E-state index in [4.69, 9.17) is 14.1 Å². The minimum Gasteiger partial charge on any atom is -0.484 e. The zero-order chi connectivity index (χ0) is 19.2. The number of hydrogen-bond donors (Lipinski definition) is 0. The van der Waals surface area contributed by atoms with Gasteiger partial charge in [-0.1, -0.05) is 54.2 Å². The third-order valence-electron chi connectivity index (χ3n) is 3.94. The summed E-state index contributed by atoms with van der Waals surface area (Å²) in [5.41, 5.74) is 3.44. The molecule has 0 amide bonds. The van der Waals surface area contributed by atoms with E-state index >= 15 is 0 Å². The molecule has 7 heteroatoms. The molecule has 5 nitrogen and oxygen atoms in total. The van der Waals surface area contributed by atoms with E-state index in [1.807, 2.05) is 37.3 Å². The highest BCUT2D eigenvalue weighted by Gasteiger charge is 2.10. The molecule has 0 bridgehead atoms. The Hall–Kier alpha value is -2.64. The van der Waals surface area contributed by atoms with E-state index < -0.39 is 0 Å². The Balaban J connectivity index is 1.27. The van der Waals surface area contributed by atoms with Crippen molar-refractivity contribution in [1.82, 2.24) is 15.2 Å². The van der Waals surface area contributed by atoms with Gasteiger partial charge in [-0.15, -0.1) is 21.5 Å². The molecule has 0 N–H and O–H groups in total. The van der Waals surface area contributed by atoms with E-state index in [-0.39, 0.29) is 6.61 Å². The summed E-state index contributed by atoms with van der Waals surface area (Å²) in [4.78, 5) is 4.69. The van der Waals surface area contributed by atoms with Crippen molar-refractivity contribution in [1.29, 1.82) is 0 Å².